The molecule has 0 bridgehead atoms. The van der Waals surface area contributed by atoms with E-state index >= 15 is 0 Å². The minimum absolute atomic E-state index is 0.130. The van der Waals surface area contributed by atoms with Gasteiger partial charge in [0.1, 0.15) is 0 Å². The number of sulfonamides is 1. The molecule has 0 saturated heterocycles. The van der Waals surface area contributed by atoms with Crippen LogP contribution in [0.2, 0.25) is 0 Å². The van der Waals surface area contributed by atoms with Gasteiger partial charge in [0.05, 0.1) is 10.9 Å². The number of rotatable bonds is 4. The summed E-state index contributed by atoms with van der Waals surface area (Å²) >= 11 is 0. The van der Waals surface area contributed by atoms with Crippen molar-refractivity contribution in [2.45, 2.75) is 37.5 Å². The molecular formula is C14H20N2O2S. The summed E-state index contributed by atoms with van der Waals surface area (Å²) in [5.41, 5.74) is 3.26. The number of fused-ring (bicyclic) bond motifs is 1. The number of hydrogen-bond donors (Lipinski definition) is 1. The van der Waals surface area contributed by atoms with Crippen LogP contribution in [0.3, 0.4) is 0 Å². The second-order valence-corrected chi connectivity index (χ2v) is 7.60. The van der Waals surface area contributed by atoms with Crippen molar-refractivity contribution in [2.75, 3.05) is 17.9 Å². The Morgan fingerprint density at radius 1 is 1.37 bits per heavy atom. The Hall–Kier alpha value is -1.07. The number of anilines is 1. The molecule has 4 nitrogen and oxygen atoms in total. The SMILES string of the molecule is CNC(C)c1ccc2c(c1)CCN2S(=O)(=O)C1CC1. The molecule has 1 aromatic rings. The van der Waals surface area contributed by atoms with Gasteiger partial charge in [0, 0.05) is 12.6 Å². The highest BCUT2D eigenvalue weighted by molar-refractivity contribution is 7.93. The van der Waals surface area contributed by atoms with Crippen molar-refractivity contribution in [2.24, 2.45) is 0 Å². The average molecular weight is 280 g/mol. The van der Waals surface area contributed by atoms with Crippen LogP contribution >= 0.6 is 0 Å². The Morgan fingerprint density at radius 3 is 2.74 bits per heavy atom. The van der Waals surface area contributed by atoms with Crippen LogP contribution in [0, 0.1) is 0 Å². The van der Waals surface area contributed by atoms with Crippen molar-refractivity contribution < 1.29 is 8.42 Å². The summed E-state index contributed by atoms with van der Waals surface area (Å²) in [6, 6.07) is 6.42. The Kier molecular flexibility index (Phi) is 3.06. The molecule has 1 fully saturated rings. The smallest absolute Gasteiger partial charge is 0.238 e. The van der Waals surface area contributed by atoms with E-state index in [1.54, 1.807) is 4.31 Å². The topological polar surface area (TPSA) is 49.4 Å². The summed E-state index contributed by atoms with van der Waals surface area (Å²) < 4.78 is 26.3. The number of nitrogens with one attached hydrogen (secondary N) is 1. The van der Waals surface area contributed by atoms with Gasteiger partial charge in [-0.05, 0) is 50.4 Å². The average Bonchev–Trinajstić information content (AvgIpc) is 3.17. The molecule has 104 valence electrons. The molecular weight excluding hydrogens is 260 g/mol. The molecule has 1 N–H and O–H groups in total. The molecule has 19 heavy (non-hydrogen) atoms. The van der Waals surface area contributed by atoms with Gasteiger partial charge < -0.3 is 5.32 Å². The Bertz CT molecular complexity index is 593. The third-order valence-corrected chi connectivity index (χ3v) is 6.45. The van der Waals surface area contributed by atoms with Gasteiger partial charge in [0.15, 0.2) is 0 Å². The van der Waals surface area contributed by atoms with Gasteiger partial charge >= 0.3 is 0 Å². The van der Waals surface area contributed by atoms with Crippen molar-refractivity contribution in [3.63, 3.8) is 0 Å². The summed E-state index contributed by atoms with van der Waals surface area (Å²) in [5, 5.41) is 3.08. The van der Waals surface area contributed by atoms with E-state index in [0.717, 1.165) is 30.5 Å². The van der Waals surface area contributed by atoms with Crippen LogP contribution in [0.4, 0.5) is 5.69 Å². The van der Waals surface area contributed by atoms with E-state index in [-0.39, 0.29) is 5.25 Å². The standard InChI is InChI=1S/C14H20N2O2S/c1-10(15-2)11-3-6-14-12(9-11)7-8-16(14)19(17,18)13-4-5-13/h3,6,9-10,13,15H,4-5,7-8H2,1-2H3. The Balaban J connectivity index is 1.94. The van der Waals surface area contributed by atoms with E-state index in [2.05, 4.69) is 18.3 Å². The summed E-state index contributed by atoms with van der Waals surface area (Å²) in [7, 11) is -1.17. The third kappa shape index (κ3) is 2.15. The fourth-order valence-electron chi connectivity index (χ4n) is 2.64. The largest absolute Gasteiger partial charge is 0.313 e. The zero-order valence-electron chi connectivity index (χ0n) is 11.4. The lowest BCUT2D eigenvalue weighted by molar-refractivity contribution is 0.591. The minimum atomic E-state index is -3.10. The molecule has 0 aromatic heterocycles. The number of benzene rings is 1. The van der Waals surface area contributed by atoms with Gasteiger partial charge in [-0.25, -0.2) is 8.42 Å². The van der Waals surface area contributed by atoms with Crippen LogP contribution in [0.1, 0.15) is 36.9 Å². The lowest BCUT2D eigenvalue weighted by atomic mass is 10.0. The van der Waals surface area contributed by atoms with E-state index in [1.165, 1.54) is 5.56 Å². The highest BCUT2D eigenvalue weighted by atomic mass is 32.2. The van der Waals surface area contributed by atoms with Crippen molar-refractivity contribution in [3.05, 3.63) is 29.3 Å². The predicted molar refractivity (Wildman–Crippen MR) is 76.9 cm³/mol. The zero-order chi connectivity index (χ0) is 13.6. The highest BCUT2D eigenvalue weighted by Gasteiger charge is 2.42. The fourth-order valence-corrected chi connectivity index (χ4v) is 4.53. The quantitative estimate of drug-likeness (QED) is 0.915. The molecule has 0 radical (unpaired) electrons. The Morgan fingerprint density at radius 2 is 2.11 bits per heavy atom. The normalized spacial score (nSPS) is 20.4. The van der Waals surface area contributed by atoms with Gasteiger partial charge in [-0.3, -0.25) is 4.31 Å². The molecule has 1 aliphatic carbocycles. The van der Waals surface area contributed by atoms with Gasteiger partial charge in [-0.1, -0.05) is 12.1 Å². The summed E-state index contributed by atoms with van der Waals surface area (Å²) in [6.45, 7) is 2.71. The van der Waals surface area contributed by atoms with Crippen molar-refractivity contribution in [1.29, 1.82) is 0 Å². The molecule has 1 aliphatic heterocycles. The van der Waals surface area contributed by atoms with E-state index in [0.29, 0.717) is 12.6 Å². The molecule has 3 rings (SSSR count). The van der Waals surface area contributed by atoms with E-state index in [1.807, 2.05) is 19.2 Å². The monoisotopic (exact) mass is 280 g/mol. The highest BCUT2D eigenvalue weighted by Crippen LogP contribution is 2.38. The second kappa shape index (κ2) is 4.49. The van der Waals surface area contributed by atoms with Crippen molar-refractivity contribution in [3.8, 4) is 0 Å². The summed E-state index contributed by atoms with van der Waals surface area (Å²) in [4.78, 5) is 0. The molecule has 1 aromatic carbocycles. The first-order valence-electron chi connectivity index (χ1n) is 6.85. The first kappa shape index (κ1) is 12.9. The lowest BCUT2D eigenvalue weighted by Gasteiger charge is -2.20. The second-order valence-electron chi connectivity index (χ2n) is 5.46. The maximum Gasteiger partial charge on any atom is 0.238 e. The maximum atomic E-state index is 12.3. The summed E-state index contributed by atoms with van der Waals surface area (Å²) in [5.74, 6) is 0. The van der Waals surface area contributed by atoms with Crippen LogP contribution in [0.5, 0.6) is 0 Å². The number of hydrogen-bond acceptors (Lipinski definition) is 3. The van der Waals surface area contributed by atoms with Gasteiger partial charge in [-0.15, -0.1) is 0 Å². The van der Waals surface area contributed by atoms with Crippen LogP contribution in [0.15, 0.2) is 18.2 Å². The molecule has 1 saturated carbocycles. The predicted octanol–water partition coefficient (Wildman–Crippen LogP) is 1.82. The molecule has 5 heteroatoms. The minimum Gasteiger partial charge on any atom is -0.313 e. The molecule has 1 heterocycles. The zero-order valence-corrected chi connectivity index (χ0v) is 12.2. The maximum absolute atomic E-state index is 12.3. The van der Waals surface area contributed by atoms with E-state index in [9.17, 15) is 8.42 Å². The number of nitrogens with zero attached hydrogens (tertiary/aromatic N) is 1. The fraction of sp³-hybridized carbons (Fsp3) is 0.571. The molecule has 0 spiro atoms. The van der Waals surface area contributed by atoms with Crippen LogP contribution in [-0.2, 0) is 16.4 Å². The van der Waals surface area contributed by atoms with Crippen LogP contribution < -0.4 is 9.62 Å². The van der Waals surface area contributed by atoms with E-state index in [4.69, 9.17) is 0 Å². The Labute approximate surface area is 114 Å². The van der Waals surface area contributed by atoms with E-state index < -0.39 is 10.0 Å². The molecule has 1 atom stereocenters. The van der Waals surface area contributed by atoms with Crippen molar-refractivity contribution >= 4 is 15.7 Å². The van der Waals surface area contributed by atoms with Gasteiger partial charge in [-0.2, -0.15) is 0 Å². The summed E-state index contributed by atoms with van der Waals surface area (Å²) in [6.07, 6.45) is 2.47. The molecule has 2 aliphatic rings. The van der Waals surface area contributed by atoms with Gasteiger partial charge in [0.2, 0.25) is 10.0 Å². The van der Waals surface area contributed by atoms with Crippen molar-refractivity contribution in [1.82, 2.24) is 5.32 Å². The van der Waals surface area contributed by atoms with Gasteiger partial charge in [0.25, 0.3) is 0 Å². The van der Waals surface area contributed by atoms with Crippen LogP contribution in [0.25, 0.3) is 0 Å². The first-order valence-corrected chi connectivity index (χ1v) is 8.36. The lowest BCUT2D eigenvalue weighted by Crippen LogP contribution is -2.32. The first-order chi connectivity index (χ1) is 9.04. The molecule has 1 unspecified atom stereocenters. The third-order valence-electron chi connectivity index (χ3n) is 4.14. The molecule has 0 amide bonds. The van der Waals surface area contributed by atoms with Crippen LogP contribution in [-0.4, -0.2) is 27.3 Å².